The van der Waals surface area contributed by atoms with Gasteiger partial charge in [0.2, 0.25) is 0 Å². The fourth-order valence-electron chi connectivity index (χ4n) is 6.08. The van der Waals surface area contributed by atoms with Crippen LogP contribution in [0, 0.1) is 29.4 Å². The van der Waals surface area contributed by atoms with Crippen molar-refractivity contribution in [3.8, 4) is 11.1 Å². The molecule has 2 aliphatic carbocycles. The van der Waals surface area contributed by atoms with Crippen LogP contribution in [0.3, 0.4) is 0 Å². The Morgan fingerprint density at radius 3 is 2.17 bits per heavy atom. The molecule has 2 aromatic rings. The molecule has 0 aromatic heterocycles. The number of fused-ring (bicyclic) bond motifs is 1. The number of rotatable bonds is 7. The minimum Gasteiger partial charge on any atom is -0.207 e. The van der Waals surface area contributed by atoms with Crippen molar-refractivity contribution in [3.63, 3.8) is 0 Å². The summed E-state index contributed by atoms with van der Waals surface area (Å²) in [6, 6.07) is 12.2. The molecule has 2 aromatic carbocycles. The van der Waals surface area contributed by atoms with Crippen molar-refractivity contribution in [2.75, 3.05) is 0 Å². The van der Waals surface area contributed by atoms with Gasteiger partial charge >= 0.3 is 0 Å². The Bertz CT molecular complexity index is 790. The standard InChI is InChI=1S/C28H36F2/c1-2-3-4-5-6-20-7-8-25-16-24(14-13-23(25)15-20)21-9-11-22(12-10-21)26-17-27(29)19-28(30)18-26/h9-12,17-20,23-25H,2-8,13-16H2,1H3. The molecule has 0 amide bonds. The predicted molar refractivity (Wildman–Crippen MR) is 121 cm³/mol. The highest BCUT2D eigenvalue weighted by Gasteiger charge is 2.35. The van der Waals surface area contributed by atoms with Gasteiger partial charge in [-0.15, -0.1) is 0 Å². The van der Waals surface area contributed by atoms with Gasteiger partial charge in [0, 0.05) is 6.07 Å². The molecule has 2 fully saturated rings. The average molecular weight is 411 g/mol. The van der Waals surface area contributed by atoms with Crippen molar-refractivity contribution in [2.45, 2.75) is 83.5 Å². The molecule has 0 radical (unpaired) electrons. The van der Waals surface area contributed by atoms with E-state index in [4.69, 9.17) is 0 Å². The van der Waals surface area contributed by atoms with Crippen LogP contribution < -0.4 is 0 Å². The Kier molecular flexibility index (Phi) is 7.23. The third-order valence-corrected chi connectivity index (χ3v) is 7.77. The summed E-state index contributed by atoms with van der Waals surface area (Å²) in [6.45, 7) is 2.29. The van der Waals surface area contributed by atoms with Crippen molar-refractivity contribution < 1.29 is 8.78 Å². The molecule has 2 aliphatic rings. The summed E-state index contributed by atoms with van der Waals surface area (Å²) in [5, 5.41) is 0. The molecule has 0 aliphatic heterocycles. The number of hydrogen-bond donors (Lipinski definition) is 0. The maximum atomic E-state index is 13.5. The van der Waals surface area contributed by atoms with E-state index in [1.165, 1.54) is 88.3 Å². The van der Waals surface area contributed by atoms with Gasteiger partial charge in [0.1, 0.15) is 11.6 Å². The molecule has 0 spiro atoms. The van der Waals surface area contributed by atoms with Crippen LogP contribution in [-0.4, -0.2) is 0 Å². The highest BCUT2D eigenvalue weighted by atomic mass is 19.1. The van der Waals surface area contributed by atoms with E-state index in [1.807, 2.05) is 12.1 Å². The van der Waals surface area contributed by atoms with E-state index in [-0.39, 0.29) is 0 Å². The van der Waals surface area contributed by atoms with Crippen LogP contribution >= 0.6 is 0 Å². The third kappa shape index (κ3) is 5.31. The minimum absolute atomic E-state index is 0.520. The van der Waals surface area contributed by atoms with E-state index in [0.29, 0.717) is 11.5 Å². The normalized spacial score (nSPS) is 26.4. The lowest BCUT2D eigenvalue weighted by Crippen LogP contribution is -2.30. The SMILES string of the molecule is CCCCCCC1CCC2CC(c3ccc(-c4cc(F)cc(F)c4)cc3)CCC2C1. The molecule has 30 heavy (non-hydrogen) atoms. The van der Waals surface area contributed by atoms with Crippen molar-refractivity contribution >= 4 is 0 Å². The fourth-order valence-corrected chi connectivity index (χ4v) is 6.08. The van der Waals surface area contributed by atoms with Crippen LogP contribution in [0.25, 0.3) is 11.1 Å². The smallest absolute Gasteiger partial charge is 0.126 e. The van der Waals surface area contributed by atoms with Gasteiger partial charge in [-0.2, -0.15) is 0 Å². The number of unbranched alkanes of at least 4 members (excludes halogenated alkanes) is 3. The maximum absolute atomic E-state index is 13.5. The van der Waals surface area contributed by atoms with Crippen molar-refractivity contribution in [1.82, 2.24) is 0 Å². The molecule has 0 heterocycles. The summed E-state index contributed by atoms with van der Waals surface area (Å²) in [5.41, 5.74) is 2.89. The van der Waals surface area contributed by atoms with Gasteiger partial charge in [0.15, 0.2) is 0 Å². The lowest BCUT2D eigenvalue weighted by molar-refractivity contribution is 0.113. The quantitative estimate of drug-likeness (QED) is 0.400. The van der Waals surface area contributed by atoms with Gasteiger partial charge in [-0.05, 0) is 84.6 Å². The molecule has 0 N–H and O–H groups in total. The predicted octanol–water partition coefficient (Wildman–Crippen LogP) is 8.90. The Morgan fingerprint density at radius 1 is 0.733 bits per heavy atom. The molecule has 162 valence electrons. The Labute approximate surface area is 181 Å². The first-order valence-corrected chi connectivity index (χ1v) is 12.2. The second-order valence-electron chi connectivity index (χ2n) is 9.84. The molecular formula is C28H36F2. The van der Waals surface area contributed by atoms with Crippen LogP contribution in [0.15, 0.2) is 42.5 Å². The van der Waals surface area contributed by atoms with Crippen LogP contribution in [-0.2, 0) is 0 Å². The molecule has 4 rings (SSSR count). The van der Waals surface area contributed by atoms with E-state index in [9.17, 15) is 8.78 Å². The lowest BCUT2D eigenvalue weighted by Gasteiger charge is -2.42. The Balaban J connectivity index is 1.33. The Morgan fingerprint density at radius 2 is 1.43 bits per heavy atom. The van der Waals surface area contributed by atoms with Gasteiger partial charge in [-0.25, -0.2) is 8.78 Å². The molecule has 4 unspecified atom stereocenters. The second kappa shape index (κ2) is 10.1. The maximum Gasteiger partial charge on any atom is 0.126 e. The molecule has 0 saturated heterocycles. The van der Waals surface area contributed by atoms with E-state index in [1.54, 1.807) is 0 Å². The topological polar surface area (TPSA) is 0 Å². The monoisotopic (exact) mass is 410 g/mol. The fraction of sp³-hybridized carbons (Fsp3) is 0.571. The largest absolute Gasteiger partial charge is 0.207 e. The zero-order valence-electron chi connectivity index (χ0n) is 18.4. The summed E-state index contributed by atoms with van der Waals surface area (Å²) in [6.07, 6.45) is 15.3. The molecule has 4 atom stereocenters. The van der Waals surface area contributed by atoms with Gasteiger partial charge in [-0.3, -0.25) is 0 Å². The first-order chi connectivity index (χ1) is 14.6. The molecule has 0 bridgehead atoms. The van der Waals surface area contributed by atoms with Crippen molar-refractivity contribution in [1.29, 1.82) is 0 Å². The summed E-state index contributed by atoms with van der Waals surface area (Å²) in [4.78, 5) is 0. The summed E-state index contributed by atoms with van der Waals surface area (Å²) in [7, 11) is 0. The van der Waals surface area contributed by atoms with Crippen LogP contribution in [0.5, 0.6) is 0 Å². The third-order valence-electron chi connectivity index (χ3n) is 7.77. The number of hydrogen-bond acceptors (Lipinski definition) is 0. The first-order valence-electron chi connectivity index (χ1n) is 12.2. The van der Waals surface area contributed by atoms with Gasteiger partial charge in [0.05, 0.1) is 0 Å². The first kappa shape index (κ1) is 21.5. The average Bonchev–Trinajstić information content (AvgIpc) is 2.76. The van der Waals surface area contributed by atoms with Crippen LogP contribution in [0.2, 0.25) is 0 Å². The van der Waals surface area contributed by atoms with Crippen LogP contribution in [0.1, 0.15) is 89.0 Å². The highest BCUT2D eigenvalue weighted by molar-refractivity contribution is 5.63. The van der Waals surface area contributed by atoms with Gasteiger partial charge < -0.3 is 0 Å². The van der Waals surface area contributed by atoms with E-state index in [0.717, 1.165) is 29.4 Å². The van der Waals surface area contributed by atoms with E-state index < -0.39 is 11.6 Å². The van der Waals surface area contributed by atoms with E-state index in [2.05, 4.69) is 19.1 Å². The van der Waals surface area contributed by atoms with E-state index >= 15 is 0 Å². The van der Waals surface area contributed by atoms with Gasteiger partial charge in [0.25, 0.3) is 0 Å². The highest BCUT2D eigenvalue weighted by Crippen LogP contribution is 2.48. The summed E-state index contributed by atoms with van der Waals surface area (Å²) < 4.78 is 27.1. The number of benzene rings is 2. The zero-order valence-corrected chi connectivity index (χ0v) is 18.4. The summed E-state index contributed by atoms with van der Waals surface area (Å²) in [5.74, 6) is 2.42. The van der Waals surface area contributed by atoms with Gasteiger partial charge in [-0.1, -0.05) is 69.7 Å². The summed E-state index contributed by atoms with van der Waals surface area (Å²) >= 11 is 0. The minimum atomic E-state index is -0.520. The zero-order chi connectivity index (χ0) is 20.9. The number of halogens is 2. The second-order valence-corrected chi connectivity index (χ2v) is 9.84. The van der Waals surface area contributed by atoms with Crippen LogP contribution in [0.4, 0.5) is 8.78 Å². The molecule has 0 nitrogen and oxygen atoms in total. The van der Waals surface area contributed by atoms with Crippen molar-refractivity contribution in [3.05, 3.63) is 59.7 Å². The van der Waals surface area contributed by atoms with Crippen molar-refractivity contribution in [2.24, 2.45) is 17.8 Å². The molecule has 2 heteroatoms. The lowest BCUT2D eigenvalue weighted by atomic mass is 9.63. The molecular weight excluding hydrogens is 374 g/mol. The Hall–Kier alpha value is -1.70. The molecule has 2 saturated carbocycles.